The van der Waals surface area contributed by atoms with E-state index >= 15 is 0 Å². The van der Waals surface area contributed by atoms with E-state index in [9.17, 15) is 23.9 Å². The number of carboxylic acid groups (broad SMARTS) is 2. The molecule has 38 heavy (non-hydrogen) atoms. The summed E-state index contributed by atoms with van der Waals surface area (Å²) in [5, 5.41) is 44.3. The molecule has 2 aromatic carbocycles. The predicted molar refractivity (Wildman–Crippen MR) is 133 cm³/mol. The second kappa shape index (κ2) is 10.1. The molecule has 0 amide bonds. The SMILES string of the molecule is CC1COc2c(N3CCN(C)CC3)c(F)cc3c(=O)c(C(=O)O)cn1c23.O=C(O)c1cc(O)c(O)c(O)c1. The van der Waals surface area contributed by atoms with E-state index < -0.39 is 40.4 Å². The van der Waals surface area contributed by atoms with Gasteiger partial charge in [-0.15, -0.1) is 0 Å². The van der Waals surface area contributed by atoms with E-state index in [-0.39, 0.29) is 29.2 Å². The Morgan fingerprint density at radius 2 is 1.61 bits per heavy atom. The molecule has 1 saturated heterocycles. The monoisotopic (exact) mass is 531 g/mol. The lowest BCUT2D eigenvalue weighted by Gasteiger charge is -2.37. The first kappa shape index (κ1) is 26.5. The summed E-state index contributed by atoms with van der Waals surface area (Å²) in [6, 6.07) is 2.68. The molecule has 0 saturated carbocycles. The average molecular weight is 531 g/mol. The first-order valence-electron chi connectivity index (χ1n) is 11.6. The summed E-state index contributed by atoms with van der Waals surface area (Å²) < 4.78 is 22.6. The summed E-state index contributed by atoms with van der Waals surface area (Å²) in [7, 11) is 2.02. The van der Waals surface area contributed by atoms with Crippen molar-refractivity contribution in [3.8, 4) is 23.0 Å². The number of likely N-dealkylation sites (N-methyl/N-ethyl adjacent to an activating group) is 1. The zero-order chi connectivity index (χ0) is 27.9. The van der Waals surface area contributed by atoms with Gasteiger partial charge in [0.25, 0.3) is 0 Å². The molecule has 2 aliphatic rings. The van der Waals surface area contributed by atoms with Crippen molar-refractivity contribution >= 4 is 28.5 Å². The number of benzene rings is 2. The van der Waals surface area contributed by atoms with Crippen molar-refractivity contribution in [2.24, 2.45) is 0 Å². The van der Waals surface area contributed by atoms with Gasteiger partial charge in [0.05, 0.1) is 22.5 Å². The van der Waals surface area contributed by atoms with Crippen LogP contribution in [-0.2, 0) is 0 Å². The normalized spacial score (nSPS) is 16.9. The van der Waals surface area contributed by atoms with Crippen molar-refractivity contribution in [1.82, 2.24) is 9.47 Å². The number of rotatable bonds is 3. The molecule has 0 radical (unpaired) electrons. The maximum atomic E-state index is 15.0. The molecule has 0 aliphatic carbocycles. The number of hydrogen-bond acceptors (Lipinski definition) is 9. The Kier molecular flexibility index (Phi) is 7.05. The van der Waals surface area contributed by atoms with Gasteiger partial charge in [0, 0.05) is 32.4 Å². The fraction of sp³-hybridized carbons (Fsp3) is 0.320. The topological polar surface area (TPSA) is 173 Å². The fourth-order valence-corrected chi connectivity index (χ4v) is 4.42. The van der Waals surface area contributed by atoms with Crippen molar-refractivity contribution < 1.29 is 44.2 Å². The minimum Gasteiger partial charge on any atom is -0.504 e. The van der Waals surface area contributed by atoms with Crippen LogP contribution >= 0.6 is 0 Å². The third kappa shape index (κ3) is 4.75. The largest absolute Gasteiger partial charge is 0.504 e. The highest BCUT2D eigenvalue weighted by Gasteiger charge is 2.31. The maximum absolute atomic E-state index is 15.0. The lowest BCUT2D eigenvalue weighted by molar-refractivity contribution is 0.0684. The number of anilines is 1. The Morgan fingerprint density at radius 1 is 1.00 bits per heavy atom. The van der Waals surface area contributed by atoms with Crippen molar-refractivity contribution in [3.63, 3.8) is 0 Å². The van der Waals surface area contributed by atoms with Crippen molar-refractivity contribution in [1.29, 1.82) is 0 Å². The zero-order valence-electron chi connectivity index (χ0n) is 20.5. The van der Waals surface area contributed by atoms with Crippen LogP contribution in [0.15, 0.2) is 29.2 Å². The van der Waals surface area contributed by atoms with Crippen LogP contribution in [0.5, 0.6) is 23.0 Å². The number of aromatic carboxylic acids is 2. The molecule has 5 N–H and O–H groups in total. The van der Waals surface area contributed by atoms with Crippen LogP contribution in [0.25, 0.3) is 10.9 Å². The lowest BCUT2D eigenvalue weighted by Crippen LogP contribution is -2.45. The van der Waals surface area contributed by atoms with E-state index in [0.29, 0.717) is 30.0 Å². The third-order valence-electron chi connectivity index (χ3n) is 6.51. The Balaban J connectivity index is 0.000000236. The molecule has 12 nitrogen and oxygen atoms in total. The van der Waals surface area contributed by atoms with Crippen LogP contribution in [0.2, 0.25) is 0 Å². The van der Waals surface area contributed by atoms with Crippen molar-refractivity contribution in [2.75, 3.05) is 44.7 Å². The van der Waals surface area contributed by atoms with Crippen LogP contribution < -0.4 is 15.1 Å². The highest BCUT2D eigenvalue weighted by molar-refractivity contribution is 5.97. The number of phenols is 3. The van der Waals surface area contributed by atoms with Crippen molar-refractivity contribution in [2.45, 2.75) is 13.0 Å². The Labute approximate surface area is 214 Å². The summed E-state index contributed by atoms with van der Waals surface area (Å²) in [4.78, 5) is 38.4. The van der Waals surface area contributed by atoms with E-state index in [0.717, 1.165) is 31.3 Å². The van der Waals surface area contributed by atoms with E-state index in [4.69, 9.17) is 25.2 Å². The number of phenolic OH excluding ortho intramolecular Hbond substituents is 3. The number of pyridine rings is 1. The molecule has 1 unspecified atom stereocenters. The first-order valence-corrected chi connectivity index (χ1v) is 11.6. The van der Waals surface area contributed by atoms with Crippen LogP contribution in [0.1, 0.15) is 33.7 Å². The molecule has 1 atom stereocenters. The summed E-state index contributed by atoms with van der Waals surface area (Å²) >= 11 is 0. The van der Waals surface area contributed by atoms with Gasteiger partial charge in [0.2, 0.25) is 5.43 Å². The number of ether oxygens (including phenoxy) is 1. The van der Waals surface area contributed by atoms with Gasteiger partial charge in [-0.2, -0.15) is 0 Å². The van der Waals surface area contributed by atoms with E-state index in [1.165, 1.54) is 6.20 Å². The predicted octanol–water partition coefficient (Wildman–Crippen LogP) is 2.05. The van der Waals surface area contributed by atoms with Gasteiger partial charge in [-0.1, -0.05) is 0 Å². The van der Waals surface area contributed by atoms with Gasteiger partial charge in [-0.05, 0) is 32.2 Å². The first-order chi connectivity index (χ1) is 17.9. The highest BCUT2D eigenvalue weighted by atomic mass is 19.1. The molecule has 202 valence electrons. The molecular formula is C25H26FN3O9. The van der Waals surface area contributed by atoms with Gasteiger partial charge >= 0.3 is 11.9 Å². The van der Waals surface area contributed by atoms with Crippen LogP contribution in [-0.4, -0.2) is 86.8 Å². The molecular weight excluding hydrogens is 505 g/mol. The molecule has 3 aromatic rings. The summed E-state index contributed by atoms with van der Waals surface area (Å²) in [5.74, 6) is -4.88. The van der Waals surface area contributed by atoms with Crippen LogP contribution in [0.3, 0.4) is 0 Å². The van der Waals surface area contributed by atoms with E-state index in [2.05, 4.69) is 4.90 Å². The standard InChI is InChI=1S/C18H20FN3O4.C7H6O5/c1-10-9-26-17-14-11(16(23)12(18(24)25)8-22(10)14)7-13(19)15(17)21-5-3-20(2)4-6-21;8-4-1-3(7(11)12)2-5(9)6(4)10/h7-8,10H,3-6,9H2,1-2H3,(H,24,25);1-2,8-10H,(H,11,12). The quantitative estimate of drug-likeness (QED) is 0.313. The second-order valence-corrected chi connectivity index (χ2v) is 9.14. The molecule has 5 rings (SSSR count). The Morgan fingerprint density at radius 3 is 2.16 bits per heavy atom. The number of aromatic hydroxyl groups is 3. The number of nitrogens with zero attached hydrogens (tertiary/aromatic N) is 3. The second-order valence-electron chi connectivity index (χ2n) is 9.14. The summed E-state index contributed by atoms with van der Waals surface area (Å²) in [6.07, 6.45) is 1.34. The van der Waals surface area contributed by atoms with Crippen LogP contribution in [0.4, 0.5) is 10.1 Å². The van der Waals surface area contributed by atoms with Gasteiger partial charge in [-0.25, -0.2) is 14.0 Å². The van der Waals surface area contributed by atoms with Crippen LogP contribution in [0, 0.1) is 5.82 Å². The van der Waals surface area contributed by atoms with Gasteiger partial charge in [0.1, 0.15) is 17.9 Å². The number of piperazine rings is 1. The molecule has 3 heterocycles. The van der Waals surface area contributed by atoms with Gasteiger partial charge in [-0.3, -0.25) is 4.79 Å². The Bertz CT molecular complexity index is 1470. The number of carbonyl (C=O) groups is 2. The molecule has 1 fully saturated rings. The molecule has 0 spiro atoms. The fourth-order valence-electron chi connectivity index (χ4n) is 4.42. The number of halogens is 1. The molecule has 13 heteroatoms. The van der Waals surface area contributed by atoms with Gasteiger partial charge < -0.3 is 44.6 Å². The van der Waals surface area contributed by atoms with Gasteiger partial charge in [0.15, 0.2) is 28.8 Å². The average Bonchev–Trinajstić information content (AvgIpc) is 2.86. The summed E-state index contributed by atoms with van der Waals surface area (Å²) in [5.41, 5.74) is -0.513. The highest BCUT2D eigenvalue weighted by Crippen LogP contribution is 2.42. The number of carboxylic acids is 2. The third-order valence-corrected chi connectivity index (χ3v) is 6.51. The van der Waals surface area contributed by atoms with E-state index in [1.54, 1.807) is 4.57 Å². The van der Waals surface area contributed by atoms with Crippen molar-refractivity contribution in [3.05, 3.63) is 51.6 Å². The molecule has 1 aromatic heterocycles. The number of hydrogen-bond donors (Lipinski definition) is 5. The minimum absolute atomic E-state index is 0.0434. The summed E-state index contributed by atoms with van der Waals surface area (Å²) in [6.45, 7) is 5.08. The Hall–Kier alpha value is -4.52. The molecule has 0 bridgehead atoms. The lowest BCUT2D eigenvalue weighted by atomic mass is 10.1. The minimum atomic E-state index is -1.32. The zero-order valence-corrected chi connectivity index (χ0v) is 20.5. The maximum Gasteiger partial charge on any atom is 0.341 e. The smallest absolute Gasteiger partial charge is 0.341 e. The molecule has 2 aliphatic heterocycles. The van der Waals surface area contributed by atoms with E-state index in [1.807, 2.05) is 18.9 Å². The number of aromatic nitrogens is 1.